The van der Waals surface area contributed by atoms with Crippen molar-refractivity contribution in [1.29, 1.82) is 0 Å². The van der Waals surface area contributed by atoms with Crippen LogP contribution in [-0.4, -0.2) is 26.7 Å². The quantitative estimate of drug-likeness (QED) is 0.796. The molecule has 4 nitrogen and oxygen atoms in total. The maximum absolute atomic E-state index is 13.7. The molecule has 1 aromatic carbocycles. The summed E-state index contributed by atoms with van der Waals surface area (Å²) in [6, 6.07) is 4.34. The first-order chi connectivity index (χ1) is 8.08. The number of carbonyl (C=O) groups excluding carboxylic acids is 1. The molecule has 1 unspecified atom stereocenters. The third-order valence-corrected chi connectivity index (χ3v) is 2.45. The minimum Gasteiger partial charge on any atom is -0.497 e. The van der Waals surface area contributed by atoms with E-state index in [0.29, 0.717) is 11.3 Å². The molecule has 0 aliphatic carbocycles. The molecule has 1 rings (SSSR count). The minimum absolute atomic E-state index is 0.0448. The molecule has 0 spiro atoms. The van der Waals surface area contributed by atoms with Crippen molar-refractivity contribution in [1.82, 2.24) is 5.32 Å². The monoisotopic (exact) mass is 241 g/mol. The van der Waals surface area contributed by atoms with Crippen molar-refractivity contribution in [3.8, 4) is 5.75 Å². The van der Waals surface area contributed by atoms with E-state index in [2.05, 4.69) is 10.1 Å². The van der Waals surface area contributed by atoms with E-state index in [1.54, 1.807) is 19.1 Å². The van der Waals surface area contributed by atoms with Gasteiger partial charge in [0.15, 0.2) is 0 Å². The summed E-state index contributed by atoms with van der Waals surface area (Å²) >= 11 is 0. The average molecular weight is 241 g/mol. The predicted octanol–water partition coefficient (Wildman–Crippen LogP) is 1.66. The van der Waals surface area contributed by atoms with E-state index in [1.165, 1.54) is 20.3 Å². The Hall–Kier alpha value is -1.62. The molecule has 0 fully saturated rings. The second kappa shape index (κ2) is 6.20. The van der Waals surface area contributed by atoms with Gasteiger partial charge in [-0.25, -0.2) is 4.39 Å². The highest BCUT2D eigenvalue weighted by atomic mass is 19.1. The summed E-state index contributed by atoms with van der Waals surface area (Å²) < 4.78 is 23.1. The number of nitrogens with one attached hydrogen (secondary N) is 1. The van der Waals surface area contributed by atoms with Gasteiger partial charge in [-0.15, -0.1) is 0 Å². The molecule has 0 amide bonds. The molecule has 0 radical (unpaired) electrons. The fourth-order valence-corrected chi connectivity index (χ4v) is 1.40. The van der Waals surface area contributed by atoms with E-state index in [1.807, 2.05) is 0 Å². The molecular formula is C12H16FNO3. The van der Waals surface area contributed by atoms with E-state index in [4.69, 9.17) is 4.74 Å². The number of esters is 1. The molecule has 0 aliphatic rings. The van der Waals surface area contributed by atoms with Crippen molar-refractivity contribution in [2.75, 3.05) is 20.8 Å². The highest BCUT2D eigenvalue weighted by Crippen LogP contribution is 2.21. The van der Waals surface area contributed by atoms with Crippen LogP contribution in [0.3, 0.4) is 0 Å². The molecular weight excluding hydrogens is 225 g/mol. The van der Waals surface area contributed by atoms with Gasteiger partial charge >= 0.3 is 5.97 Å². The number of rotatable bonds is 5. The van der Waals surface area contributed by atoms with Crippen LogP contribution in [0, 0.1) is 5.82 Å². The van der Waals surface area contributed by atoms with Gasteiger partial charge in [-0.05, 0) is 13.0 Å². The summed E-state index contributed by atoms with van der Waals surface area (Å²) in [6.45, 7) is 1.82. The van der Waals surface area contributed by atoms with Gasteiger partial charge in [0.25, 0.3) is 0 Å². The van der Waals surface area contributed by atoms with Crippen LogP contribution in [0.4, 0.5) is 4.39 Å². The Kier molecular flexibility index (Phi) is 4.90. The maximum atomic E-state index is 13.7. The molecule has 0 aromatic heterocycles. The molecule has 1 N–H and O–H groups in total. The Balaban J connectivity index is 2.68. The highest BCUT2D eigenvalue weighted by molar-refractivity contribution is 5.71. The molecule has 1 aromatic rings. The molecule has 0 aliphatic heterocycles. The number of benzene rings is 1. The molecule has 0 saturated carbocycles. The summed E-state index contributed by atoms with van der Waals surface area (Å²) in [7, 11) is 2.79. The summed E-state index contributed by atoms with van der Waals surface area (Å²) in [4.78, 5) is 10.9. The van der Waals surface area contributed by atoms with Crippen molar-refractivity contribution < 1.29 is 18.7 Å². The standard InChI is InChI=1S/C12H16FNO3/c1-8(14-7-12(15)17-3)10-5-4-9(16-2)6-11(10)13/h4-6,8,14H,7H2,1-3H3. The molecule has 5 heteroatoms. The normalized spacial score (nSPS) is 12.0. The first-order valence-corrected chi connectivity index (χ1v) is 5.22. The topological polar surface area (TPSA) is 47.6 Å². The van der Waals surface area contributed by atoms with Crippen molar-refractivity contribution >= 4 is 5.97 Å². The van der Waals surface area contributed by atoms with Crippen LogP contribution in [0.5, 0.6) is 5.75 Å². The maximum Gasteiger partial charge on any atom is 0.319 e. The lowest BCUT2D eigenvalue weighted by Gasteiger charge is -2.14. The van der Waals surface area contributed by atoms with E-state index in [0.717, 1.165) is 0 Å². The molecule has 0 saturated heterocycles. The number of hydrogen-bond donors (Lipinski definition) is 1. The zero-order valence-electron chi connectivity index (χ0n) is 10.1. The number of ether oxygens (including phenoxy) is 2. The van der Waals surface area contributed by atoms with Crippen LogP contribution in [0.15, 0.2) is 18.2 Å². The average Bonchev–Trinajstić information content (AvgIpc) is 2.35. The van der Waals surface area contributed by atoms with Gasteiger partial charge in [0, 0.05) is 17.7 Å². The van der Waals surface area contributed by atoms with Crippen LogP contribution in [0.25, 0.3) is 0 Å². The number of halogens is 1. The van der Waals surface area contributed by atoms with Gasteiger partial charge in [-0.3, -0.25) is 4.79 Å². The smallest absolute Gasteiger partial charge is 0.319 e. The number of hydrogen-bond acceptors (Lipinski definition) is 4. The van der Waals surface area contributed by atoms with Gasteiger partial charge in [-0.2, -0.15) is 0 Å². The van der Waals surface area contributed by atoms with Crippen LogP contribution in [0.2, 0.25) is 0 Å². The molecule has 0 heterocycles. The lowest BCUT2D eigenvalue weighted by atomic mass is 10.1. The van der Waals surface area contributed by atoms with Gasteiger partial charge in [0.1, 0.15) is 11.6 Å². The zero-order valence-corrected chi connectivity index (χ0v) is 10.1. The van der Waals surface area contributed by atoms with E-state index < -0.39 is 0 Å². The summed E-state index contributed by atoms with van der Waals surface area (Å²) in [5, 5.41) is 2.87. The molecule has 1 atom stereocenters. The molecule has 17 heavy (non-hydrogen) atoms. The summed E-state index contributed by atoms with van der Waals surface area (Å²) in [6.07, 6.45) is 0. The van der Waals surface area contributed by atoms with Crippen molar-refractivity contribution in [3.05, 3.63) is 29.6 Å². The minimum atomic E-state index is -0.384. The van der Waals surface area contributed by atoms with Gasteiger partial charge in [-0.1, -0.05) is 6.07 Å². The second-order valence-electron chi connectivity index (χ2n) is 3.57. The number of methoxy groups -OCH3 is 2. The van der Waals surface area contributed by atoms with Crippen LogP contribution < -0.4 is 10.1 Å². The van der Waals surface area contributed by atoms with Gasteiger partial charge < -0.3 is 14.8 Å². The van der Waals surface area contributed by atoms with E-state index in [-0.39, 0.29) is 24.4 Å². The molecule has 94 valence electrons. The zero-order chi connectivity index (χ0) is 12.8. The highest BCUT2D eigenvalue weighted by Gasteiger charge is 2.12. The van der Waals surface area contributed by atoms with Crippen LogP contribution in [-0.2, 0) is 9.53 Å². The van der Waals surface area contributed by atoms with Crippen LogP contribution >= 0.6 is 0 Å². The Morgan fingerprint density at radius 2 is 2.18 bits per heavy atom. The first kappa shape index (κ1) is 13.4. The molecule has 0 bridgehead atoms. The lowest BCUT2D eigenvalue weighted by molar-refractivity contribution is -0.139. The third-order valence-electron chi connectivity index (χ3n) is 2.45. The van der Waals surface area contributed by atoms with Crippen molar-refractivity contribution in [2.24, 2.45) is 0 Å². The number of carbonyl (C=O) groups is 1. The summed E-state index contributed by atoms with van der Waals surface area (Å²) in [5.41, 5.74) is 0.481. The fourth-order valence-electron chi connectivity index (χ4n) is 1.40. The van der Waals surface area contributed by atoms with Crippen molar-refractivity contribution in [3.63, 3.8) is 0 Å². The van der Waals surface area contributed by atoms with Crippen molar-refractivity contribution in [2.45, 2.75) is 13.0 Å². The summed E-state index contributed by atoms with van der Waals surface area (Å²) in [5.74, 6) is -0.286. The van der Waals surface area contributed by atoms with Gasteiger partial charge in [0.05, 0.1) is 20.8 Å². The Labute approximate surface area is 99.7 Å². The van der Waals surface area contributed by atoms with Crippen LogP contribution in [0.1, 0.15) is 18.5 Å². The van der Waals surface area contributed by atoms with E-state index >= 15 is 0 Å². The van der Waals surface area contributed by atoms with Gasteiger partial charge in [0.2, 0.25) is 0 Å². The Bertz CT molecular complexity index is 395. The first-order valence-electron chi connectivity index (χ1n) is 5.22. The SMILES string of the molecule is COC(=O)CNC(C)c1ccc(OC)cc1F. The second-order valence-corrected chi connectivity index (χ2v) is 3.57. The Morgan fingerprint density at radius 3 is 2.71 bits per heavy atom. The predicted molar refractivity (Wildman–Crippen MR) is 61.4 cm³/mol. The largest absolute Gasteiger partial charge is 0.497 e. The lowest BCUT2D eigenvalue weighted by Crippen LogP contribution is -2.27. The fraction of sp³-hybridized carbons (Fsp3) is 0.417. The van der Waals surface area contributed by atoms with E-state index in [9.17, 15) is 9.18 Å². The Morgan fingerprint density at radius 1 is 1.47 bits per heavy atom. The third kappa shape index (κ3) is 3.71.